The number of hydrogen-bond acceptors (Lipinski definition) is 4. The van der Waals surface area contributed by atoms with Gasteiger partial charge in [-0.3, -0.25) is 19.7 Å². The number of non-ortho nitro benzene ring substituents is 1. The van der Waals surface area contributed by atoms with E-state index in [1.165, 1.54) is 4.90 Å². The van der Waals surface area contributed by atoms with Crippen molar-refractivity contribution in [1.29, 1.82) is 0 Å². The molecule has 9 heteroatoms. The second-order valence-electron chi connectivity index (χ2n) is 5.79. The summed E-state index contributed by atoms with van der Waals surface area (Å²) in [5.41, 5.74) is -0.0233. The van der Waals surface area contributed by atoms with E-state index in [2.05, 4.69) is 5.32 Å². The van der Waals surface area contributed by atoms with Crippen LogP contribution in [0.15, 0.2) is 42.5 Å². The van der Waals surface area contributed by atoms with E-state index in [9.17, 15) is 24.1 Å². The lowest BCUT2D eigenvalue weighted by atomic mass is 10.1. The summed E-state index contributed by atoms with van der Waals surface area (Å²) in [7, 11) is 0. The molecule has 1 fully saturated rings. The number of nitro groups is 1. The SMILES string of the molecule is O=C(Nc1cc([N+](=O)[O-])ccc1F)C1CC(=O)N(c2ccc(Cl)cc2)C1. The highest BCUT2D eigenvalue weighted by atomic mass is 35.5. The number of hydrogen-bond donors (Lipinski definition) is 1. The van der Waals surface area contributed by atoms with E-state index < -0.39 is 22.6 Å². The first kappa shape index (κ1) is 17.8. The van der Waals surface area contributed by atoms with Gasteiger partial charge in [-0.25, -0.2) is 4.39 Å². The van der Waals surface area contributed by atoms with Gasteiger partial charge in [-0.05, 0) is 30.3 Å². The average molecular weight is 378 g/mol. The Balaban J connectivity index is 1.73. The molecular weight excluding hydrogens is 365 g/mol. The molecule has 0 aromatic heterocycles. The maximum Gasteiger partial charge on any atom is 0.271 e. The Bertz CT molecular complexity index is 888. The first-order valence-electron chi connectivity index (χ1n) is 7.66. The Labute approximate surface area is 152 Å². The van der Waals surface area contributed by atoms with Crippen molar-refractivity contribution < 1.29 is 18.9 Å². The van der Waals surface area contributed by atoms with Crippen molar-refractivity contribution in [2.45, 2.75) is 6.42 Å². The van der Waals surface area contributed by atoms with Crippen molar-refractivity contribution in [3.8, 4) is 0 Å². The van der Waals surface area contributed by atoms with Crippen molar-refractivity contribution in [2.24, 2.45) is 5.92 Å². The molecule has 0 spiro atoms. The molecule has 0 bridgehead atoms. The minimum absolute atomic E-state index is 0.0367. The molecule has 7 nitrogen and oxygen atoms in total. The number of carbonyl (C=O) groups excluding carboxylic acids is 2. The van der Waals surface area contributed by atoms with E-state index in [0.717, 1.165) is 18.2 Å². The number of halogens is 2. The van der Waals surface area contributed by atoms with Gasteiger partial charge in [0.1, 0.15) is 5.82 Å². The predicted molar refractivity (Wildman–Crippen MR) is 93.6 cm³/mol. The predicted octanol–water partition coefficient (Wildman–Crippen LogP) is 3.38. The second kappa shape index (κ2) is 7.09. The number of amides is 2. The standard InChI is InChI=1S/C17H13ClFN3O4/c18-11-1-3-12(4-2-11)21-9-10(7-16(21)23)17(24)20-15-8-13(22(25)26)5-6-14(15)19/h1-6,8,10H,7,9H2,(H,20,24). The molecule has 1 saturated heterocycles. The summed E-state index contributed by atoms with van der Waals surface area (Å²) in [4.78, 5) is 36.1. The van der Waals surface area contributed by atoms with Crippen molar-refractivity contribution in [3.05, 3.63) is 63.4 Å². The molecule has 2 amide bonds. The number of carbonyl (C=O) groups is 2. The molecule has 0 radical (unpaired) electrons. The van der Waals surface area contributed by atoms with Crippen LogP contribution in [0.2, 0.25) is 5.02 Å². The highest BCUT2D eigenvalue weighted by molar-refractivity contribution is 6.30. The second-order valence-corrected chi connectivity index (χ2v) is 6.23. The van der Waals surface area contributed by atoms with Gasteiger partial charge in [0.2, 0.25) is 11.8 Å². The van der Waals surface area contributed by atoms with E-state index in [4.69, 9.17) is 11.6 Å². The summed E-state index contributed by atoms with van der Waals surface area (Å²) in [6.07, 6.45) is -0.0367. The molecule has 3 rings (SSSR count). The van der Waals surface area contributed by atoms with Gasteiger partial charge < -0.3 is 10.2 Å². The first-order chi connectivity index (χ1) is 12.3. The molecule has 134 valence electrons. The van der Waals surface area contributed by atoms with E-state index in [1.54, 1.807) is 24.3 Å². The number of benzene rings is 2. The van der Waals surface area contributed by atoms with Crippen LogP contribution in [0.25, 0.3) is 0 Å². The van der Waals surface area contributed by atoms with E-state index in [-0.39, 0.29) is 30.2 Å². The van der Waals surface area contributed by atoms with Crippen LogP contribution in [0.3, 0.4) is 0 Å². The van der Waals surface area contributed by atoms with Gasteiger partial charge in [0.05, 0.1) is 16.5 Å². The third-order valence-electron chi connectivity index (χ3n) is 4.05. The lowest BCUT2D eigenvalue weighted by molar-refractivity contribution is -0.384. The normalized spacial score (nSPS) is 16.6. The maximum atomic E-state index is 13.8. The smallest absolute Gasteiger partial charge is 0.271 e. The molecule has 0 aliphatic carbocycles. The summed E-state index contributed by atoms with van der Waals surface area (Å²) in [5, 5.41) is 13.6. The zero-order valence-corrected chi connectivity index (χ0v) is 14.1. The molecule has 2 aromatic carbocycles. The molecule has 2 aromatic rings. The van der Waals surface area contributed by atoms with Crippen molar-refractivity contribution in [1.82, 2.24) is 0 Å². The number of nitrogens with one attached hydrogen (secondary N) is 1. The number of rotatable bonds is 4. The Morgan fingerprint density at radius 2 is 1.96 bits per heavy atom. The molecule has 1 aliphatic rings. The van der Waals surface area contributed by atoms with Gasteiger partial charge in [-0.15, -0.1) is 0 Å². The van der Waals surface area contributed by atoms with Crippen LogP contribution in [0, 0.1) is 21.8 Å². The summed E-state index contributed by atoms with van der Waals surface area (Å²) in [5.74, 6) is -2.30. The zero-order valence-electron chi connectivity index (χ0n) is 13.3. The Morgan fingerprint density at radius 3 is 2.62 bits per heavy atom. The van der Waals surface area contributed by atoms with E-state index in [1.807, 2.05) is 0 Å². The molecular formula is C17H13ClFN3O4. The van der Waals surface area contributed by atoms with Gasteiger partial charge in [0, 0.05) is 35.8 Å². The largest absolute Gasteiger partial charge is 0.323 e. The zero-order chi connectivity index (χ0) is 18.8. The van der Waals surface area contributed by atoms with Gasteiger partial charge in [0.25, 0.3) is 5.69 Å². The number of nitrogens with zero attached hydrogens (tertiary/aromatic N) is 2. The molecule has 1 N–H and O–H groups in total. The van der Waals surface area contributed by atoms with Crippen LogP contribution < -0.4 is 10.2 Å². The fraction of sp³-hybridized carbons (Fsp3) is 0.176. The van der Waals surface area contributed by atoms with Crippen LogP contribution >= 0.6 is 11.6 Å². The van der Waals surface area contributed by atoms with E-state index >= 15 is 0 Å². The molecule has 1 atom stereocenters. The molecule has 1 unspecified atom stereocenters. The topological polar surface area (TPSA) is 92.5 Å². The number of nitro benzene ring substituents is 1. The summed E-state index contributed by atoms with van der Waals surface area (Å²) in [6, 6.07) is 9.47. The monoisotopic (exact) mass is 377 g/mol. The summed E-state index contributed by atoms with van der Waals surface area (Å²) >= 11 is 5.82. The van der Waals surface area contributed by atoms with Crippen LogP contribution in [0.1, 0.15) is 6.42 Å². The van der Waals surface area contributed by atoms with Crippen LogP contribution in [0.5, 0.6) is 0 Å². The first-order valence-corrected chi connectivity index (χ1v) is 8.03. The highest BCUT2D eigenvalue weighted by Crippen LogP contribution is 2.28. The molecule has 26 heavy (non-hydrogen) atoms. The minimum Gasteiger partial charge on any atom is -0.323 e. The fourth-order valence-corrected chi connectivity index (χ4v) is 2.84. The Morgan fingerprint density at radius 1 is 1.27 bits per heavy atom. The molecule has 1 heterocycles. The molecule has 1 aliphatic heterocycles. The van der Waals surface area contributed by atoms with Crippen LogP contribution in [0.4, 0.5) is 21.5 Å². The third kappa shape index (κ3) is 3.65. The Kier molecular flexibility index (Phi) is 4.85. The lowest BCUT2D eigenvalue weighted by Crippen LogP contribution is -2.28. The van der Waals surface area contributed by atoms with Crippen molar-refractivity contribution in [3.63, 3.8) is 0 Å². The summed E-state index contributed by atoms with van der Waals surface area (Å²) < 4.78 is 13.8. The third-order valence-corrected chi connectivity index (χ3v) is 4.30. The van der Waals surface area contributed by atoms with Crippen molar-refractivity contribution >= 4 is 40.5 Å². The van der Waals surface area contributed by atoms with Gasteiger partial charge in [-0.1, -0.05) is 11.6 Å². The van der Waals surface area contributed by atoms with Crippen molar-refractivity contribution in [2.75, 3.05) is 16.8 Å². The lowest BCUT2D eigenvalue weighted by Gasteiger charge is -2.16. The van der Waals surface area contributed by atoms with Gasteiger partial charge in [-0.2, -0.15) is 0 Å². The quantitative estimate of drug-likeness (QED) is 0.653. The van der Waals surface area contributed by atoms with Crippen LogP contribution in [-0.2, 0) is 9.59 Å². The van der Waals surface area contributed by atoms with Gasteiger partial charge in [0.15, 0.2) is 0 Å². The van der Waals surface area contributed by atoms with Gasteiger partial charge >= 0.3 is 0 Å². The maximum absolute atomic E-state index is 13.8. The van der Waals surface area contributed by atoms with Crippen LogP contribution in [-0.4, -0.2) is 23.3 Å². The Hall–Kier alpha value is -3.00. The highest BCUT2D eigenvalue weighted by Gasteiger charge is 2.35. The average Bonchev–Trinajstić information content (AvgIpc) is 2.99. The van der Waals surface area contributed by atoms with E-state index in [0.29, 0.717) is 10.7 Å². The number of anilines is 2. The minimum atomic E-state index is -0.789. The fourth-order valence-electron chi connectivity index (χ4n) is 2.71. The molecule has 0 saturated carbocycles. The summed E-state index contributed by atoms with van der Waals surface area (Å²) in [6.45, 7) is 0.128.